The Morgan fingerprint density at radius 1 is 1.12 bits per heavy atom. The number of aromatic carboxylic acids is 1. The first-order valence-electron chi connectivity index (χ1n) is 12.9. The smallest absolute Gasteiger partial charge is 0.416 e. The average molecular weight is 547 g/mol. The summed E-state index contributed by atoms with van der Waals surface area (Å²) in [6, 6.07) is 12.7. The van der Waals surface area contributed by atoms with Gasteiger partial charge in [0.05, 0.1) is 11.1 Å². The number of hydrogen-bond acceptors (Lipinski definition) is 6. The lowest BCUT2D eigenvalue weighted by Crippen LogP contribution is -2.20. The van der Waals surface area contributed by atoms with Gasteiger partial charge in [0.1, 0.15) is 11.3 Å². The first kappa shape index (κ1) is 25.7. The van der Waals surface area contributed by atoms with Crippen molar-refractivity contribution in [3.05, 3.63) is 77.2 Å². The molecule has 2 aromatic carbocycles. The Bertz CT molecular complexity index is 1760. The van der Waals surface area contributed by atoms with E-state index in [1.165, 1.54) is 12.1 Å². The van der Waals surface area contributed by atoms with Crippen LogP contribution in [0.4, 0.5) is 19.0 Å². The number of nitrogens with one attached hydrogen (secondary N) is 1. The van der Waals surface area contributed by atoms with Crippen LogP contribution in [-0.4, -0.2) is 41.6 Å². The van der Waals surface area contributed by atoms with Crippen LogP contribution < -0.4 is 5.32 Å². The molecule has 0 aliphatic heterocycles. The van der Waals surface area contributed by atoms with Crippen molar-refractivity contribution in [3.8, 4) is 11.4 Å². The minimum Gasteiger partial charge on any atom is -0.475 e. The minimum absolute atomic E-state index is 0.0334. The summed E-state index contributed by atoms with van der Waals surface area (Å²) in [6.07, 6.45) is -0.606. The molecule has 1 aliphatic rings. The van der Waals surface area contributed by atoms with E-state index in [-0.39, 0.29) is 24.1 Å². The number of carboxylic acid groups (broad SMARTS) is 1. The van der Waals surface area contributed by atoms with Crippen molar-refractivity contribution < 1.29 is 23.1 Å². The highest BCUT2D eigenvalue weighted by molar-refractivity contribution is 5.93. The number of carbonyl (C=O) groups is 1. The van der Waals surface area contributed by atoms with E-state index in [1.807, 2.05) is 42.7 Å². The third-order valence-electron chi connectivity index (χ3n) is 7.30. The number of halogens is 3. The Kier molecular flexibility index (Phi) is 6.16. The number of alkyl halides is 3. The van der Waals surface area contributed by atoms with Crippen molar-refractivity contribution in [2.24, 2.45) is 5.92 Å². The lowest BCUT2D eigenvalue weighted by molar-refractivity contribution is -0.137. The van der Waals surface area contributed by atoms with Gasteiger partial charge in [0.2, 0.25) is 5.82 Å². The second-order valence-electron chi connectivity index (χ2n) is 10.2. The molecule has 0 amide bonds. The van der Waals surface area contributed by atoms with Crippen molar-refractivity contribution in [2.75, 3.05) is 5.32 Å². The third kappa shape index (κ3) is 4.83. The third-order valence-corrected chi connectivity index (χ3v) is 7.30. The molecule has 40 heavy (non-hydrogen) atoms. The molecule has 204 valence electrons. The fourth-order valence-electron chi connectivity index (χ4n) is 4.97. The molecular weight excluding hydrogens is 521 g/mol. The number of pyridine rings is 1. The van der Waals surface area contributed by atoms with Gasteiger partial charge in [-0.1, -0.05) is 18.2 Å². The predicted octanol–water partition coefficient (Wildman–Crippen LogP) is 6.33. The van der Waals surface area contributed by atoms with E-state index in [2.05, 4.69) is 20.3 Å². The number of fused-ring (bicyclic) bond motifs is 2. The first-order valence-corrected chi connectivity index (χ1v) is 12.9. The lowest BCUT2D eigenvalue weighted by Gasteiger charge is -2.17. The van der Waals surface area contributed by atoms with Crippen LogP contribution in [0, 0.1) is 12.8 Å². The zero-order valence-corrected chi connectivity index (χ0v) is 21.7. The second kappa shape index (κ2) is 9.58. The topological polar surface area (TPSA) is 106 Å². The Balaban J connectivity index is 1.57. The summed E-state index contributed by atoms with van der Waals surface area (Å²) in [6.45, 7) is 4.11. The van der Waals surface area contributed by atoms with Crippen molar-refractivity contribution in [3.63, 3.8) is 0 Å². The SMILES string of the molecule is Cc1cc2ncccc2cc1-c1nc2nc(C(=O)O)nc(N[C@H](C)C3CC3)c2n1Cc1ccc(C(F)(F)F)cc1. The van der Waals surface area contributed by atoms with Crippen LogP contribution in [0.25, 0.3) is 33.5 Å². The van der Waals surface area contributed by atoms with Gasteiger partial charge in [0.15, 0.2) is 11.5 Å². The highest BCUT2D eigenvalue weighted by atomic mass is 19.4. The quantitative estimate of drug-likeness (QED) is 0.246. The van der Waals surface area contributed by atoms with Crippen molar-refractivity contribution in [2.45, 2.75) is 45.5 Å². The van der Waals surface area contributed by atoms with E-state index in [9.17, 15) is 23.1 Å². The van der Waals surface area contributed by atoms with Gasteiger partial charge in [-0.15, -0.1) is 0 Å². The molecule has 5 aromatic rings. The van der Waals surface area contributed by atoms with Gasteiger partial charge in [-0.25, -0.2) is 19.7 Å². The molecule has 8 nitrogen and oxygen atoms in total. The molecule has 1 fully saturated rings. The predicted molar refractivity (Wildman–Crippen MR) is 144 cm³/mol. The molecule has 1 atom stereocenters. The zero-order chi connectivity index (χ0) is 28.2. The van der Waals surface area contributed by atoms with Crippen LogP contribution in [0.1, 0.15) is 47.1 Å². The molecular formula is C29H25F3N6O2. The maximum atomic E-state index is 13.2. The number of carboxylic acids is 1. The minimum atomic E-state index is -4.45. The molecule has 11 heteroatoms. The molecule has 3 heterocycles. The number of rotatable bonds is 7. The van der Waals surface area contributed by atoms with Crippen LogP contribution in [0.2, 0.25) is 0 Å². The Labute approximate surface area is 226 Å². The van der Waals surface area contributed by atoms with E-state index in [0.29, 0.717) is 28.6 Å². The number of aryl methyl sites for hydroxylation is 1. The Hall–Kier alpha value is -4.54. The Morgan fingerprint density at radius 3 is 2.55 bits per heavy atom. The Morgan fingerprint density at radius 2 is 1.88 bits per heavy atom. The van der Waals surface area contributed by atoms with Gasteiger partial charge >= 0.3 is 12.1 Å². The molecule has 0 radical (unpaired) electrons. The van der Waals surface area contributed by atoms with Gasteiger partial charge in [-0.3, -0.25) is 4.98 Å². The maximum Gasteiger partial charge on any atom is 0.416 e. The van der Waals surface area contributed by atoms with E-state index in [1.54, 1.807) is 6.20 Å². The molecule has 6 rings (SSSR count). The number of nitrogens with zero attached hydrogens (tertiary/aromatic N) is 5. The summed E-state index contributed by atoms with van der Waals surface area (Å²) < 4.78 is 41.5. The summed E-state index contributed by atoms with van der Waals surface area (Å²) in [5.41, 5.74) is 2.99. The fourth-order valence-corrected chi connectivity index (χ4v) is 4.97. The van der Waals surface area contributed by atoms with Crippen LogP contribution in [-0.2, 0) is 12.7 Å². The van der Waals surface area contributed by atoms with Crippen LogP contribution >= 0.6 is 0 Å². The van der Waals surface area contributed by atoms with E-state index in [0.717, 1.165) is 47.0 Å². The monoisotopic (exact) mass is 546 g/mol. The van der Waals surface area contributed by atoms with Crippen LogP contribution in [0.3, 0.4) is 0 Å². The number of benzene rings is 2. The molecule has 2 N–H and O–H groups in total. The largest absolute Gasteiger partial charge is 0.475 e. The normalized spacial score (nSPS) is 14.5. The molecule has 0 unspecified atom stereocenters. The van der Waals surface area contributed by atoms with Crippen LogP contribution in [0.5, 0.6) is 0 Å². The van der Waals surface area contributed by atoms with E-state index in [4.69, 9.17) is 4.98 Å². The molecule has 3 aromatic heterocycles. The number of imidazole rings is 1. The number of anilines is 1. The lowest BCUT2D eigenvalue weighted by atomic mass is 10.0. The number of hydrogen-bond donors (Lipinski definition) is 2. The molecule has 0 bridgehead atoms. The van der Waals surface area contributed by atoms with Crippen LogP contribution in [0.15, 0.2) is 54.7 Å². The van der Waals surface area contributed by atoms with Crippen molar-refractivity contribution >= 4 is 33.9 Å². The van der Waals surface area contributed by atoms with E-state index >= 15 is 0 Å². The fraction of sp³-hybridized carbons (Fsp3) is 0.276. The summed E-state index contributed by atoms with van der Waals surface area (Å²) in [4.78, 5) is 29.7. The highest BCUT2D eigenvalue weighted by Gasteiger charge is 2.31. The van der Waals surface area contributed by atoms with Gasteiger partial charge in [-0.05, 0) is 74.1 Å². The van der Waals surface area contributed by atoms with Crippen molar-refractivity contribution in [1.29, 1.82) is 0 Å². The van der Waals surface area contributed by atoms with Gasteiger partial charge in [-0.2, -0.15) is 13.2 Å². The van der Waals surface area contributed by atoms with E-state index < -0.39 is 17.7 Å². The second-order valence-corrected chi connectivity index (χ2v) is 10.2. The number of aromatic nitrogens is 5. The average Bonchev–Trinajstić information content (AvgIpc) is 3.70. The summed E-state index contributed by atoms with van der Waals surface area (Å²) in [5, 5.41) is 14.0. The summed E-state index contributed by atoms with van der Waals surface area (Å²) >= 11 is 0. The van der Waals surface area contributed by atoms with Gasteiger partial charge in [0, 0.05) is 29.7 Å². The summed E-state index contributed by atoms with van der Waals surface area (Å²) in [7, 11) is 0. The van der Waals surface area contributed by atoms with Gasteiger partial charge < -0.3 is 15.0 Å². The standard InChI is InChI=1S/C29H25F3N6O2/c1-15-12-22-19(4-3-11-33-22)13-21(15)27-37-25-23(38(27)14-17-5-9-20(10-6-17)29(30,31)32)24(34-16(2)18-7-8-18)35-26(36-25)28(39)40/h3-6,9-13,16,18H,7-8,14H2,1-2H3,(H,39,40)(H,34,35,36)/t16-/m1/s1. The van der Waals surface area contributed by atoms with Gasteiger partial charge in [0.25, 0.3) is 0 Å². The summed E-state index contributed by atoms with van der Waals surface area (Å²) in [5.74, 6) is -0.400. The van der Waals surface area contributed by atoms with Crippen molar-refractivity contribution in [1.82, 2.24) is 24.5 Å². The molecule has 1 saturated carbocycles. The highest BCUT2D eigenvalue weighted by Crippen LogP contribution is 2.37. The first-order chi connectivity index (χ1) is 19.1. The molecule has 1 aliphatic carbocycles. The molecule has 0 spiro atoms. The maximum absolute atomic E-state index is 13.2. The zero-order valence-electron chi connectivity index (χ0n) is 21.7. The molecule has 0 saturated heterocycles.